The summed E-state index contributed by atoms with van der Waals surface area (Å²) in [6.45, 7) is 9.23. The highest BCUT2D eigenvalue weighted by Crippen LogP contribution is 2.48. The van der Waals surface area contributed by atoms with Crippen LogP contribution in [0.5, 0.6) is 11.5 Å². The SMILES string of the molecule is COc1cccc(P(CCp2c(C)c(C)c(C)c2C)c2cccc(OC)c2)c1. The van der Waals surface area contributed by atoms with Crippen LogP contribution in [0.4, 0.5) is 0 Å². The van der Waals surface area contributed by atoms with E-state index in [9.17, 15) is 0 Å². The zero-order valence-electron chi connectivity index (χ0n) is 17.7. The Morgan fingerprint density at radius 2 is 1.21 bits per heavy atom. The van der Waals surface area contributed by atoms with Crippen molar-refractivity contribution < 1.29 is 9.47 Å². The molecule has 1 heterocycles. The van der Waals surface area contributed by atoms with Gasteiger partial charge in [0.2, 0.25) is 0 Å². The molecule has 0 radical (unpaired) electrons. The molecule has 0 saturated heterocycles. The van der Waals surface area contributed by atoms with E-state index in [2.05, 4.69) is 64.1 Å². The molecule has 0 amide bonds. The van der Waals surface area contributed by atoms with Crippen LogP contribution in [-0.2, 0) is 6.16 Å². The fraction of sp³-hybridized carbons (Fsp3) is 0.333. The minimum absolute atomic E-state index is 0.169. The molecular weight excluding hydrogens is 382 g/mol. The summed E-state index contributed by atoms with van der Waals surface area (Å²) in [5, 5.41) is 5.95. The van der Waals surface area contributed by atoms with Gasteiger partial charge in [-0.25, -0.2) is 0 Å². The minimum Gasteiger partial charge on any atom is -0.497 e. The molecule has 0 aliphatic carbocycles. The Labute approximate surface area is 171 Å². The Morgan fingerprint density at radius 1 is 0.750 bits per heavy atom. The Hall–Kier alpha value is -1.75. The molecule has 2 nitrogen and oxygen atoms in total. The van der Waals surface area contributed by atoms with Gasteiger partial charge in [0.1, 0.15) is 11.5 Å². The molecule has 0 spiro atoms. The number of benzene rings is 2. The zero-order chi connectivity index (χ0) is 20.3. The molecule has 1 aromatic heterocycles. The highest BCUT2D eigenvalue weighted by Gasteiger charge is 2.18. The quantitative estimate of drug-likeness (QED) is 0.440. The number of methoxy groups -OCH3 is 2. The van der Waals surface area contributed by atoms with Crippen molar-refractivity contribution in [3.8, 4) is 11.5 Å². The van der Waals surface area contributed by atoms with E-state index < -0.39 is 7.92 Å². The molecule has 0 aliphatic heterocycles. The molecular formula is C24H30O2P2. The second-order valence-electron chi connectivity index (χ2n) is 7.13. The van der Waals surface area contributed by atoms with Crippen LogP contribution >= 0.6 is 15.5 Å². The summed E-state index contributed by atoms with van der Waals surface area (Å²) in [5.41, 5.74) is 3.02. The molecule has 0 saturated carbocycles. The van der Waals surface area contributed by atoms with Crippen LogP contribution < -0.4 is 20.1 Å². The van der Waals surface area contributed by atoms with Crippen molar-refractivity contribution in [3.63, 3.8) is 0 Å². The number of rotatable bonds is 7. The molecule has 0 bridgehead atoms. The van der Waals surface area contributed by atoms with Crippen molar-refractivity contribution >= 4 is 26.1 Å². The van der Waals surface area contributed by atoms with Crippen LogP contribution in [0.3, 0.4) is 0 Å². The zero-order valence-corrected chi connectivity index (χ0v) is 19.5. The molecule has 0 atom stereocenters. The van der Waals surface area contributed by atoms with Gasteiger partial charge in [-0.3, -0.25) is 0 Å². The second-order valence-corrected chi connectivity index (χ2v) is 12.1. The average molecular weight is 412 g/mol. The first-order valence-electron chi connectivity index (χ1n) is 9.64. The van der Waals surface area contributed by atoms with Gasteiger partial charge in [-0.05, 0) is 105 Å². The van der Waals surface area contributed by atoms with Gasteiger partial charge in [-0.1, -0.05) is 24.3 Å². The van der Waals surface area contributed by atoms with Crippen LogP contribution in [-0.4, -0.2) is 20.4 Å². The van der Waals surface area contributed by atoms with E-state index in [1.54, 1.807) is 24.8 Å². The smallest absolute Gasteiger partial charge is 0.119 e. The summed E-state index contributed by atoms with van der Waals surface area (Å²) in [6.07, 6.45) is 2.42. The third-order valence-electron chi connectivity index (χ3n) is 5.73. The number of ether oxygens (including phenoxy) is 2. The Morgan fingerprint density at radius 3 is 1.64 bits per heavy atom. The van der Waals surface area contributed by atoms with Crippen molar-refractivity contribution in [2.75, 3.05) is 20.4 Å². The maximum absolute atomic E-state index is 5.50. The van der Waals surface area contributed by atoms with Crippen molar-refractivity contribution in [1.82, 2.24) is 0 Å². The summed E-state index contributed by atoms with van der Waals surface area (Å²) < 4.78 is 11.0. The van der Waals surface area contributed by atoms with Crippen molar-refractivity contribution in [2.45, 2.75) is 33.9 Å². The van der Waals surface area contributed by atoms with Gasteiger partial charge in [0.25, 0.3) is 0 Å². The van der Waals surface area contributed by atoms with E-state index >= 15 is 0 Å². The maximum atomic E-state index is 5.50. The van der Waals surface area contributed by atoms with E-state index in [0.717, 1.165) is 11.5 Å². The minimum atomic E-state index is -0.467. The van der Waals surface area contributed by atoms with Gasteiger partial charge in [0, 0.05) is 0 Å². The number of hydrogen-bond donors (Lipinski definition) is 0. The second kappa shape index (κ2) is 9.17. The fourth-order valence-electron chi connectivity index (χ4n) is 3.70. The highest BCUT2D eigenvalue weighted by atomic mass is 31.1. The van der Waals surface area contributed by atoms with Crippen molar-refractivity contribution in [3.05, 3.63) is 70.2 Å². The molecule has 28 heavy (non-hydrogen) atoms. The summed E-state index contributed by atoms with van der Waals surface area (Å²) >= 11 is 0. The fourth-order valence-corrected chi connectivity index (χ4v) is 9.53. The molecule has 4 heteroatoms. The van der Waals surface area contributed by atoms with Gasteiger partial charge in [-0.2, -0.15) is 0 Å². The third-order valence-corrected chi connectivity index (χ3v) is 11.5. The van der Waals surface area contributed by atoms with E-state index in [1.807, 2.05) is 12.1 Å². The van der Waals surface area contributed by atoms with E-state index in [-0.39, 0.29) is 7.53 Å². The lowest BCUT2D eigenvalue weighted by Gasteiger charge is -2.20. The molecule has 2 aromatic carbocycles. The van der Waals surface area contributed by atoms with Gasteiger partial charge in [0.15, 0.2) is 0 Å². The molecule has 0 fully saturated rings. The molecule has 148 valence electrons. The third kappa shape index (κ3) is 4.29. The topological polar surface area (TPSA) is 18.5 Å². The molecule has 3 rings (SSSR count). The van der Waals surface area contributed by atoms with Gasteiger partial charge < -0.3 is 9.47 Å². The average Bonchev–Trinajstić information content (AvgIpc) is 2.91. The first kappa shape index (κ1) is 21.0. The summed E-state index contributed by atoms with van der Waals surface area (Å²) in [7, 11) is 2.84. The first-order valence-corrected chi connectivity index (χ1v) is 12.7. The lowest BCUT2D eigenvalue weighted by Crippen LogP contribution is -2.15. The summed E-state index contributed by atoms with van der Waals surface area (Å²) in [5.74, 6) is 1.86. The first-order chi connectivity index (χ1) is 13.5. The van der Waals surface area contributed by atoms with Gasteiger partial charge in [0.05, 0.1) is 14.2 Å². The van der Waals surface area contributed by atoms with Crippen LogP contribution in [0.1, 0.15) is 21.7 Å². The van der Waals surface area contributed by atoms with Gasteiger partial charge >= 0.3 is 0 Å². The van der Waals surface area contributed by atoms with E-state index in [0.29, 0.717) is 0 Å². The van der Waals surface area contributed by atoms with E-state index in [4.69, 9.17) is 9.47 Å². The standard InChI is InChI=1S/C24H30O2P2/c1-17-18(2)20(4)27(19(17)3)13-14-28(23-11-7-9-21(15-23)25-5)24-12-8-10-22(16-24)26-6/h7-12,15-16H,13-14H2,1-6H3. The van der Waals surface area contributed by atoms with E-state index in [1.165, 1.54) is 34.1 Å². The highest BCUT2D eigenvalue weighted by molar-refractivity contribution is 7.73. The Balaban J connectivity index is 1.98. The normalized spacial score (nSPS) is 11.1. The summed E-state index contributed by atoms with van der Waals surface area (Å²) in [4.78, 5) is 0. The number of hydrogen-bond acceptors (Lipinski definition) is 2. The van der Waals surface area contributed by atoms with Crippen LogP contribution in [0, 0.1) is 27.7 Å². The predicted octanol–water partition coefficient (Wildman–Crippen LogP) is 6.06. The summed E-state index contributed by atoms with van der Waals surface area (Å²) in [6, 6.07) is 17.2. The molecule has 3 aromatic rings. The molecule has 0 aliphatic rings. The van der Waals surface area contributed by atoms with Crippen LogP contribution in [0.2, 0.25) is 0 Å². The van der Waals surface area contributed by atoms with Crippen LogP contribution in [0.15, 0.2) is 48.5 Å². The Bertz CT molecular complexity index is 886. The van der Waals surface area contributed by atoms with Crippen molar-refractivity contribution in [2.24, 2.45) is 0 Å². The van der Waals surface area contributed by atoms with Gasteiger partial charge in [-0.15, -0.1) is 7.53 Å². The Kier molecular flexibility index (Phi) is 6.86. The van der Waals surface area contributed by atoms with Crippen LogP contribution in [0.25, 0.3) is 0 Å². The predicted molar refractivity (Wildman–Crippen MR) is 125 cm³/mol. The molecule has 0 N–H and O–H groups in total. The lowest BCUT2D eigenvalue weighted by atomic mass is 10.2. The van der Waals surface area contributed by atoms with Crippen molar-refractivity contribution in [1.29, 1.82) is 0 Å². The maximum Gasteiger partial charge on any atom is 0.119 e. The lowest BCUT2D eigenvalue weighted by molar-refractivity contribution is 0.415. The monoisotopic (exact) mass is 412 g/mol. The largest absolute Gasteiger partial charge is 0.497 e. The molecule has 0 unspecified atom stereocenters.